The number of hydrogen-bond acceptors (Lipinski definition) is 4. The SMILES string of the molecule is Cc1cccc(-c2c[n+]3c(c(Cc4ccccc4)n2)NC(Cc2ccc(C(F)(F)F)o2)C3=O)c1F. The van der Waals surface area contributed by atoms with E-state index in [0.717, 1.165) is 11.6 Å². The van der Waals surface area contributed by atoms with Crippen molar-refractivity contribution in [3.8, 4) is 11.3 Å². The van der Waals surface area contributed by atoms with Gasteiger partial charge in [-0.1, -0.05) is 42.5 Å². The van der Waals surface area contributed by atoms with E-state index in [1.807, 2.05) is 30.3 Å². The first-order chi connectivity index (χ1) is 16.7. The maximum atomic E-state index is 14.9. The second kappa shape index (κ2) is 8.65. The van der Waals surface area contributed by atoms with Gasteiger partial charge in [0.15, 0.2) is 0 Å². The first-order valence-electron chi connectivity index (χ1n) is 10.9. The van der Waals surface area contributed by atoms with Crippen LogP contribution >= 0.6 is 0 Å². The summed E-state index contributed by atoms with van der Waals surface area (Å²) < 4.78 is 59.9. The second-order valence-electron chi connectivity index (χ2n) is 8.39. The van der Waals surface area contributed by atoms with Gasteiger partial charge in [-0.3, -0.25) is 5.32 Å². The number of carbonyl (C=O) groups excluding carboxylic acids is 1. The fourth-order valence-corrected chi connectivity index (χ4v) is 4.14. The molecule has 2 aromatic carbocycles. The summed E-state index contributed by atoms with van der Waals surface area (Å²) >= 11 is 0. The number of aryl methyl sites for hydroxylation is 1. The number of benzene rings is 2. The Hall–Kier alpha value is -4.01. The van der Waals surface area contributed by atoms with Gasteiger partial charge in [0.2, 0.25) is 11.8 Å². The van der Waals surface area contributed by atoms with Gasteiger partial charge < -0.3 is 4.42 Å². The number of furan rings is 1. The van der Waals surface area contributed by atoms with E-state index in [9.17, 15) is 22.4 Å². The van der Waals surface area contributed by atoms with Crippen LogP contribution in [0.3, 0.4) is 0 Å². The molecule has 1 aliphatic rings. The van der Waals surface area contributed by atoms with Crippen LogP contribution in [0.2, 0.25) is 0 Å². The molecule has 1 atom stereocenters. The van der Waals surface area contributed by atoms with E-state index in [0.29, 0.717) is 23.5 Å². The van der Waals surface area contributed by atoms with Crippen molar-refractivity contribution in [1.29, 1.82) is 0 Å². The Labute approximate surface area is 198 Å². The minimum Gasteiger partial charge on any atom is -0.456 e. The van der Waals surface area contributed by atoms with Crippen LogP contribution in [0.25, 0.3) is 11.3 Å². The molecule has 0 saturated carbocycles. The Balaban J connectivity index is 1.54. The highest BCUT2D eigenvalue weighted by Gasteiger charge is 2.42. The van der Waals surface area contributed by atoms with E-state index >= 15 is 0 Å². The minimum atomic E-state index is -4.61. The highest BCUT2D eigenvalue weighted by atomic mass is 19.4. The van der Waals surface area contributed by atoms with Crippen molar-refractivity contribution in [2.45, 2.75) is 32.0 Å². The predicted molar refractivity (Wildman–Crippen MR) is 119 cm³/mol. The maximum absolute atomic E-state index is 14.9. The molecule has 1 aliphatic heterocycles. The van der Waals surface area contributed by atoms with E-state index in [1.54, 1.807) is 25.1 Å². The van der Waals surface area contributed by atoms with Gasteiger partial charge in [-0.15, -0.1) is 0 Å². The van der Waals surface area contributed by atoms with E-state index < -0.39 is 29.7 Å². The van der Waals surface area contributed by atoms with Crippen molar-refractivity contribution in [3.05, 3.63) is 101 Å². The number of carbonyl (C=O) groups is 1. The molecule has 178 valence electrons. The number of halogens is 4. The lowest BCUT2D eigenvalue weighted by Gasteiger charge is -2.09. The fourth-order valence-electron chi connectivity index (χ4n) is 4.14. The normalized spacial score (nSPS) is 15.2. The van der Waals surface area contributed by atoms with Crippen LogP contribution in [0.1, 0.15) is 33.1 Å². The van der Waals surface area contributed by atoms with Crippen molar-refractivity contribution in [2.24, 2.45) is 0 Å². The van der Waals surface area contributed by atoms with Gasteiger partial charge in [0.25, 0.3) is 0 Å². The zero-order valence-electron chi connectivity index (χ0n) is 18.6. The summed E-state index contributed by atoms with van der Waals surface area (Å²) in [7, 11) is 0. The number of hydrogen-bond donors (Lipinski definition) is 1. The number of nitrogens with zero attached hydrogens (tertiary/aromatic N) is 2. The molecule has 3 heterocycles. The number of nitrogens with one attached hydrogen (secondary N) is 1. The van der Waals surface area contributed by atoms with Crippen LogP contribution in [0.4, 0.5) is 23.4 Å². The monoisotopic (exact) mass is 482 g/mol. The fraction of sp³-hybridized carbons (Fsp3) is 0.192. The molecular weight excluding hydrogens is 462 g/mol. The van der Waals surface area contributed by atoms with Gasteiger partial charge in [-0.25, -0.2) is 14.2 Å². The van der Waals surface area contributed by atoms with Crippen LogP contribution in [0, 0.1) is 12.7 Å². The van der Waals surface area contributed by atoms with E-state index in [2.05, 4.69) is 10.3 Å². The Morgan fingerprint density at radius 1 is 1.06 bits per heavy atom. The average molecular weight is 482 g/mol. The smallest absolute Gasteiger partial charge is 0.449 e. The zero-order chi connectivity index (χ0) is 24.7. The average Bonchev–Trinajstić information content (AvgIpc) is 3.42. The molecule has 0 amide bonds. The van der Waals surface area contributed by atoms with Crippen LogP contribution in [0.5, 0.6) is 0 Å². The van der Waals surface area contributed by atoms with E-state index in [4.69, 9.17) is 4.42 Å². The number of fused-ring (bicyclic) bond motifs is 1. The number of rotatable bonds is 5. The van der Waals surface area contributed by atoms with Crippen molar-refractivity contribution in [1.82, 2.24) is 4.98 Å². The molecule has 0 fully saturated rings. The van der Waals surface area contributed by atoms with Crippen LogP contribution in [-0.2, 0) is 19.0 Å². The Morgan fingerprint density at radius 2 is 1.83 bits per heavy atom. The maximum Gasteiger partial charge on any atom is 0.449 e. The molecular formula is C26H20F4N3O2+. The van der Waals surface area contributed by atoms with Crippen molar-refractivity contribution < 1.29 is 31.3 Å². The summed E-state index contributed by atoms with van der Waals surface area (Å²) in [5.74, 6) is -1.50. The molecule has 4 aromatic rings. The third-order valence-electron chi connectivity index (χ3n) is 5.90. The zero-order valence-corrected chi connectivity index (χ0v) is 18.6. The lowest BCUT2D eigenvalue weighted by molar-refractivity contribution is -0.552. The molecule has 0 saturated heterocycles. The van der Waals surface area contributed by atoms with Gasteiger partial charge in [0.05, 0.1) is 6.42 Å². The number of anilines is 1. The Bertz CT molecular complexity index is 1410. The van der Waals surface area contributed by atoms with Gasteiger partial charge >= 0.3 is 17.9 Å². The minimum absolute atomic E-state index is 0.0269. The van der Waals surface area contributed by atoms with Gasteiger partial charge in [-0.2, -0.15) is 17.7 Å². The number of alkyl halides is 3. The molecule has 0 aliphatic carbocycles. The molecule has 2 aromatic heterocycles. The summed E-state index contributed by atoms with van der Waals surface area (Å²) in [6.45, 7) is 1.64. The largest absolute Gasteiger partial charge is 0.456 e. The topological polar surface area (TPSA) is 59.0 Å². The standard InChI is InChI=1S/C26H19F4N3O2/c1-15-6-5-9-18(23(15)27)21-14-33-24(19(31-21)12-16-7-3-2-4-8-16)32-20(25(33)34)13-17-10-11-22(35-17)26(28,29)30/h2-11,14,20H,12-13H2,1H3/p+1. The van der Waals surface area contributed by atoms with Gasteiger partial charge in [0, 0.05) is 12.0 Å². The molecule has 9 heteroatoms. The van der Waals surface area contributed by atoms with Crippen molar-refractivity contribution in [3.63, 3.8) is 0 Å². The van der Waals surface area contributed by atoms with E-state index in [-0.39, 0.29) is 23.4 Å². The molecule has 0 bridgehead atoms. The quantitative estimate of drug-likeness (QED) is 0.307. The predicted octanol–water partition coefficient (Wildman–Crippen LogP) is 5.36. The third kappa shape index (κ3) is 4.41. The summed E-state index contributed by atoms with van der Waals surface area (Å²) in [4.78, 5) is 17.9. The molecule has 5 rings (SSSR count). The number of aromatic nitrogens is 2. The van der Waals surface area contributed by atoms with Crippen LogP contribution in [0.15, 0.2) is 71.3 Å². The molecule has 0 spiro atoms. The first kappa shape index (κ1) is 22.8. The summed E-state index contributed by atoms with van der Waals surface area (Å²) in [5, 5.41) is 3.09. The van der Waals surface area contributed by atoms with Gasteiger partial charge in [0.1, 0.15) is 29.2 Å². The first-order valence-corrected chi connectivity index (χ1v) is 10.9. The highest BCUT2D eigenvalue weighted by Crippen LogP contribution is 2.32. The molecule has 0 radical (unpaired) electrons. The third-order valence-corrected chi connectivity index (χ3v) is 5.90. The van der Waals surface area contributed by atoms with Crippen LogP contribution < -0.4 is 9.88 Å². The Morgan fingerprint density at radius 3 is 2.54 bits per heavy atom. The lowest BCUT2D eigenvalue weighted by atomic mass is 10.1. The molecule has 5 nitrogen and oxygen atoms in total. The summed E-state index contributed by atoms with van der Waals surface area (Å²) in [6, 6.07) is 15.6. The summed E-state index contributed by atoms with van der Waals surface area (Å²) in [5.41, 5.74) is 2.44. The van der Waals surface area contributed by atoms with Crippen LogP contribution in [-0.4, -0.2) is 16.9 Å². The lowest BCUT2D eigenvalue weighted by Crippen LogP contribution is -2.44. The second-order valence-corrected chi connectivity index (χ2v) is 8.39. The molecule has 1 N–H and O–H groups in total. The summed E-state index contributed by atoms with van der Waals surface area (Å²) in [6.07, 6.45) is -2.87. The molecule has 1 unspecified atom stereocenters. The molecule has 35 heavy (non-hydrogen) atoms. The van der Waals surface area contributed by atoms with Gasteiger partial charge in [-0.05, 0) is 36.2 Å². The van der Waals surface area contributed by atoms with E-state index in [1.165, 1.54) is 16.8 Å². The Kier molecular flexibility index (Phi) is 5.62. The van der Waals surface area contributed by atoms with Crippen molar-refractivity contribution in [2.75, 3.05) is 5.32 Å². The highest BCUT2D eigenvalue weighted by molar-refractivity contribution is 5.82. The van der Waals surface area contributed by atoms with Crippen molar-refractivity contribution >= 4 is 11.7 Å².